The molecule has 6 heteroatoms. The SMILES string of the molecule is CCc1c(C)nc(-c2ccc(Cc3ccccc3)s2)nc1Nc1ccc(C(=O)O)cc1. The molecule has 0 saturated heterocycles. The Balaban J connectivity index is 1.62. The Kier molecular flexibility index (Phi) is 6.09. The second kappa shape index (κ2) is 9.10. The highest BCUT2D eigenvalue weighted by Gasteiger charge is 2.14. The zero-order valence-electron chi connectivity index (χ0n) is 17.4. The predicted octanol–water partition coefficient (Wildman–Crippen LogP) is 6.11. The molecule has 0 saturated carbocycles. The highest BCUT2D eigenvalue weighted by atomic mass is 32.1. The Morgan fingerprint density at radius 2 is 1.74 bits per heavy atom. The van der Waals surface area contributed by atoms with Crippen molar-refractivity contribution in [1.82, 2.24) is 9.97 Å². The number of rotatable bonds is 7. The minimum Gasteiger partial charge on any atom is -0.478 e. The van der Waals surface area contributed by atoms with Crippen molar-refractivity contribution >= 4 is 28.8 Å². The fourth-order valence-corrected chi connectivity index (χ4v) is 4.43. The lowest BCUT2D eigenvalue weighted by Gasteiger charge is -2.13. The summed E-state index contributed by atoms with van der Waals surface area (Å²) in [6, 6.07) is 21.3. The van der Waals surface area contributed by atoms with Crippen LogP contribution in [0.2, 0.25) is 0 Å². The summed E-state index contributed by atoms with van der Waals surface area (Å²) in [7, 11) is 0. The Bertz CT molecular complexity index is 1200. The Hall–Kier alpha value is -3.51. The van der Waals surface area contributed by atoms with Crippen molar-refractivity contribution in [2.75, 3.05) is 5.32 Å². The first-order valence-electron chi connectivity index (χ1n) is 10.1. The van der Waals surface area contributed by atoms with Crippen LogP contribution in [0.25, 0.3) is 10.7 Å². The average Bonchev–Trinajstić information content (AvgIpc) is 3.23. The van der Waals surface area contributed by atoms with Crippen LogP contribution in [-0.4, -0.2) is 21.0 Å². The van der Waals surface area contributed by atoms with Gasteiger partial charge in [-0.05, 0) is 55.3 Å². The van der Waals surface area contributed by atoms with E-state index in [0.29, 0.717) is 5.82 Å². The number of hydrogen-bond acceptors (Lipinski definition) is 5. The zero-order valence-corrected chi connectivity index (χ0v) is 18.2. The number of nitrogens with one attached hydrogen (secondary N) is 1. The lowest BCUT2D eigenvalue weighted by Crippen LogP contribution is -2.05. The third-order valence-corrected chi connectivity index (χ3v) is 6.15. The molecule has 2 heterocycles. The number of carbonyl (C=O) groups is 1. The van der Waals surface area contributed by atoms with Gasteiger partial charge in [-0.25, -0.2) is 14.8 Å². The Morgan fingerprint density at radius 3 is 2.42 bits per heavy atom. The zero-order chi connectivity index (χ0) is 21.8. The average molecular weight is 430 g/mol. The van der Waals surface area contributed by atoms with Crippen LogP contribution in [0.1, 0.15) is 39.0 Å². The summed E-state index contributed by atoms with van der Waals surface area (Å²) in [4.78, 5) is 23.0. The van der Waals surface area contributed by atoms with Crippen LogP contribution in [-0.2, 0) is 12.8 Å². The summed E-state index contributed by atoms with van der Waals surface area (Å²) in [6.45, 7) is 4.08. The number of benzene rings is 2. The molecule has 0 fully saturated rings. The summed E-state index contributed by atoms with van der Waals surface area (Å²) in [5.41, 5.74) is 4.31. The summed E-state index contributed by atoms with van der Waals surface area (Å²) in [5, 5.41) is 12.4. The Labute approximate surface area is 185 Å². The molecule has 0 atom stereocenters. The molecule has 2 aromatic heterocycles. The second-order valence-corrected chi connectivity index (χ2v) is 8.42. The molecule has 0 radical (unpaired) electrons. The van der Waals surface area contributed by atoms with Crippen LogP contribution in [0.5, 0.6) is 0 Å². The van der Waals surface area contributed by atoms with Gasteiger partial charge < -0.3 is 10.4 Å². The molecule has 4 rings (SSSR count). The quantitative estimate of drug-likeness (QED) is 0.371. The van der Waals surface area contributed by atoms with Gasteiger partial charge in [-0.15, -0.1) is 11.3 Å². The summed E-state index contributed by atoms with van der Waals surface area (Å²) >= 11 is 1.71. The van der Waals surface area contributed by atoms with Gasteiger partial charge in [0.2, 0.25) is 0 Å². The van der Waals surface area contributed by atoms with E-state index in [2.05, 4.69) is 48.6 Å². The van der Waals surface area contributed by atoms with E-state index >= 15 is 0 Å². The van der Waals surface area contributed by atoms with E-state index in [9.17, 15) is 4.79 Å². The van der Waals surface area contributed by atoms with Crippen LogP contribution in [0.4, 0.5) is 11.5 Å². The van der Waals surface area contributed by atoms with Crippen molar-refractivity contribution in [3.05, 3.63) is 94.0 Å². The number of carboxylic acids is 1. The van der Waals surface area contributed by atoms with Gasteiger partial charge in [0.15, 0.2) is 5.82 Å². The maximum atomic E-state index is 11.1. The second-order valence-electron chi connectivity index (χ2n) is 7.25. The standard InChI is InChI=1S/C25H23N3O2S/c1-3-21-16(2)26-24(22-14-13-20(31-22)15-17-7-5-4-6-8-17)28-23(21)27-19-11-9-18(10-12-19)25(29)30/h4-14H,3,15H2,1-2H3,(H,29,30)(H,26,27,28). The molecule has 0 spiro atoms. The molecule has 0 aliphatic rings. The fraction of sp³-hybridized carbons (Fsp3) is 0.160. The van der Waals surface area contributed by atoms with Gasteiger partial charge >= 0.3 is 5.97 Å². The summed E-state index contributed by atoms with van der Waals surface area (Å²) < 4.78 is 0. The van der Waals surface area contributed by atoms with Crippen LogP contribution in [0, 0.1) is 6.92 Å². The van der Waals surface area contributed by atoms with Crippen molar-refractivity contribution < 1.29 is 9.90 Å². The molecular weight excluding hydrogens is 406 g/mol. The van der Waals surface area contributed by atoms with Gasteiger partial charge in [0.1, 0.15) is 5.82 Å². The molecule has 0 bridgehead atoms. The van der Waals surface area contributed by atoms with Crippen molar-refractivity contribution in [3.8, 4) is 10.7 Å². The van der Waals surface area contributed by atoms with Gasteiger partial charge in [-0.3, -0.25) is 0 Å². The van der Waals surface area contributed by atoms with E-state index in [0.717, 1.165) is 40.5 Å². The van der Waals surface area contributed by atoms with Gasteiger partial charge in [0, 0.05) is 28.2 Å². The molecular formula is C25H23N3O2S. The van der Waals surface area contributed by atoms with Crippen molar-refractivity contribution in [1.29, 1.82) is 0 Å². The van der Waals surface area contributed by atoms with Crippen LogP contribution in [0.3, 0.4) is 0 Å². The van der Waals surface area contributed by atoms with Gasteiger partial charge in [-0.2, -0.15) is 0 Å². The van der Waals surface area contributed by atoms with E-state index in [1.807, 2.05) is 13.0 Å². The third kappa shape index (κ3) is 4.81. The van der Waals surface area contributed by atoms with Crippen molar-refractivity contribution in [2.45, 2.75) is 26.7 Å². The first-order valence-corrected chi connectivity index (χ1v) is 11.0. The van der Waals surface area contributed by atoms with Crippen molar-refractivity contribution in [3.63, 3.8) is 0 Å². The van der Waals surface area contributed by atoms with E-state index in [1.54, 1.807) is 35.6 Å². The maximum Gasteiger partial charge on any atom is 0.335 e. The van der Waals surface area contributed by atoms with Crippen molar-refractivity contribution in [2.24, 2.45) is 0 Å². The lowest BCUT2D eigenvalue weighted by molar-refractivity contribution is 0.0697. The Morgan fingerprint density at radius 1 is 1.00 bits per heavy atom. The normalized spacial score (nSPS) is 10.8. The molecule has 2 N–H and O–H groups in total. The van der Waals surface area contributed by atoms with Crippen LogP contribution < -0.4 is 5.32 Å². The first-order chi connectivity index (χ1) is 15.0. The topological polar surface area (TPSA) is 75.1 Å². The van der Waals surface area contributed by atoms with E-state index in [1.165, 1.54) is 10.4 Å². The molecule has 4 aromatic rings. The first kappa shape index (κ1) is 20.8. The molecule has 2 aromatic carbocycles. The lowest BCUT2D eigenvalue weighted by atomic mass is 10.1. The summed E-state index contributed by atoms with van der Waals surface area (Å²) in [5.74, 6) is 0.514. The monoisotopic (exact) mass is 429 g/mol. The number of nitrogens with zero attached hydrogens (tertiary/aromatic N) is 2. The molecule has 0 aliphatic carbocycles. The molecule has 0 aliphatic heterocycles. The largest absolute Gasteiger partial charge is 0.478 e. The van der Waals surface area contributed by atoms with Gasteiger partial charge in [0.25, 0.3) is 0 Å². The minimum atomic E-state index is -0.940. The number of thiophene rings is 1. The smallest absolute Gasteiger partial charge is 0.335 e. The molecule has 156 valence electrons. The number of anilines is 2. The molecule has 0 amide bonds. The minimum absolute atomic E-state index is 0.255. The number of aromatic nitrogens is 2. The third-order valence-electron chi connectivity index (χ3n) is 5.07. The fourth-order valence-electron chi connectivity index (χ4n) is 3.46. The van der Waals surface area contributed by atoms with Crippen LogP contribution >= 0.6 is 11.3 Å². The predicted molar refractivity (Wildman–Crippen MR) is 125 cm³/mol. The highest BCUT2D eigenvalue weighted by molar-refractivity contribution is 7.15. The van der Waals surface area contributed by atoms with E-state index in [-0.39, 0.29) is 5.56 Å². The van der Waals surface area contributed by atoms with E-state index in [4.69, 9.17) is 15.1 Å². The molecule has 0 unspecified atom stereocenters. The molecule has 31 heavy (non-hydrogen) atoms. The van der Waals surface area contributed by atoms with Gasteiger partial charge in [0.05, 0.1) is 10.4 Å². The maximum absolute atomic E-state index is 11.1. The van der Waals surface area contributed by atoms with Gasteiger partial charge in [-0.1, -0.05) is 37.3 Å². The van der Waals surface area contributed by atoms with E-state index < -0.39 is 5.97 Å². The molecule has 5 nitrogen and oxygen atoms in total. The number of carboxylic acid groups (broad SMARTS) is 1. The highest BCUT2D eigenvalue weighted by Crippen LogP contribution is 2.30. The number of aromatic carboxylic acids is 1. The summed E-state index contributed by atoms with van der Waals surface area (Å²) in [6.07, 6.45) is 1.68. The van der Waals surface area contributed by atoms with Crippen LogP contribution in [0.15, 0.2) is 66.7 Å². The number of hydrogen-bond donors (Lipinski definition) is 2. The number of aryl methyl sites for hydroxylation is 1.